The molecule has 3 rings (SSSR count). The van der Waals surface area contributed by atoms with Gasteiger partial charge in [0.1, 0.15) is 11.6 Å². The number of anilines is 1. The number of carbonyl (C=O) groups is 2. The van der Waals surface area contributed by atoms with Crippen molar-refractivity contribution in [2.75, 3.05) is 5.73 Å². The van der Waals surface area contributed by atoms with E-state index in [2.05, 4.69) is 4.98 Å². The molecule has 1 aliphatic rings. The first-order valence-electron chi connectivity index (χ1n) is 8.19. The molecule has 1 aromatic carbocycles. The second kappa shape index (κ2) is 4.80. The summed E-state index contributed by atoms with van der Waals surface area (Å²) in [7, 11) is 0. The maximum atomic E-state index is 12.9. The highest BCUT2D eigenvalue weighted by molar-refractivity contribution is 6.03. The van der Waals surface area contributed by atoms with E-state index in [1.165, 1.54) is 12.1 Å². The fourth-order valence-corrected chi connectivity index (χ4v) is 2.52. The smallest absolute Gasteiger partial charge is 0.264 e. The monoisotopic (exact) mass is 288 g/mol. The lowest BCUT2D eigenvalue weighted by atomic mass is 9.92. The number of fused-ring (bicyclic) bond motifs is 1. The number of carbonyl (C=O) groups excluding carboxylic acids is 2. The van der Waals surface area contributed by atoms with Crippen LogP contribution in [0.2, 0.25) is 0 Å². The molecule has 0 radical (unpaired) electrons. The Kier molecular flexibility index (Phi) is 2.35. The zero-order valence-electron chi connectivity index (χ0n) is 14.1. The van der Waals surface area contributed by atoms with Gasteiger partial charge in [-0.05, 0) is 25.4 Å². The summed E-state index contributed by atoms with van der Waals surface area (Å²) in [5, 5.41) is -0.00315. The molecular formula is C15H15N3O3. The minimum Gasteiger partial charge on any atom is -0.398 e. The van der Waals surface area contributed by atoms with E-state index in [1.807, 2.05) is 0 Å². The van der Waals surface area contributed by atoms with Crippen LogP contribution in [0.5, 0.6) is 0 Å². The number of rotatable bonds is 1. The molecule has 1 fully saturated rings. The molecule has 6 heteroatoms. The fourth-order valence-electron chi connectivity index (χ4n) is 2.52. The molecule has 108 valence electrons. The number of benzene rings is 1. The maximum Gasteiger partial charge on any atom is 0.264 e. The van der Waals surface area contributed by atoms with Crippen molar-refractivity contribution >= 4 is 28.2 Å². The van der Waals surface area contributed by atoms with Crippen LogP contribution in [0, 0.1) is 6.90 Å². The zero-order chi connectivity index (χ0) is 17.6. The van der Waals surface area contributed by atoms with E-state index in [4.69, 9.17) is 9.85 Å². The molecular weight excluding hydrogens is 270 g/mol. The maximum absolute atomic E-state index is 12.9. The van der Waals surface area contributed by atoms with Crippen molar-refractivity contribution in [2.45, 2.75) is 32.2 Å². The second-order valence-corrected chi connectivity index (χ2v) is 4.93. The highest BCUT2D eigenvalue weighted by atomic mass is 16.2. The van der Waals surface area contributed by atoms with Crippen molar-refractivity contribution in [3.8, 4) is 0 Å². The van der Waals surface area contributed by atoms with E-state index >= 15 is 0 Å². The quantitative estimate of drug-likeness (QED) is 0.627. The van der Waals surface area contributed by atoms with E-state index in [-0.39, 0.29) is 47.1 Å². The average molecular weight is 288 g/mol. The summed E-state index contributed by atoms with van der Waals surface area (Å²) in [5.74, 6) is -0.889. The van der Waals surface area contributed by atoms with E-state index < -0.39 is 30.7 Å². The first-order valence-corrected chi connectivity index (χ1v) is 6.41. The second-order valence-electron chi connectivity index (χ2n) is 4.93. The van der Waals surface area contributed by atoms with Gasteiger partial charge in [-0.25, -0.2) is 4.98 Å². The minimum absolute atomic E-state index is 0.00315. The Morgan fingerprint density at radius 1 is 1.52 bits per heavy atom. The molecule has 0 saturated heterocycles. The first kappa shape index (κ1) is 10.3. The van der Waals surface area contributed by atoms with Crippen molar-refractivity contribution in [3.63, 3.8) is 0 Å². The summed E-state index contributed by atoms with van der Waals surface area (Å²) in [6, 6.07) is 1.63. The van der Waals surface area contributed by atoms with Crippen molar-refractivity contribution in [1.29, 1.82) is 0 Å². The van der Waals surface area contributed by atoms with Crippen LogP contribution in [0.4, 0.5) is 5.69 Å². The number of aromatic nitrogens is 2. The Morgan fingerprint density at radius 2 is 2.33 bits per heavy atom. The number of ketones is 2. The standard InChI is InChI=1S/C15H15N3O3/c1-8-17-11-4-2-3-10(16)14(11)15(21)18(8)12-6-5-9(19)7-13(12)20/h2-4,12H,5-7,16H2,1H3/i1D,4D,6D. The van der Waals surface area contributed by atoms with E-state index in [1.54, 1.807) is 0 Å². The number of hydrogen-bond acceptors (Lipinski definition) is 5. The summed E-state index contributed by atoms with van der Waals surface area (Å²) in [6.45, 7) is -0.399. The molecule has 1 aliphatic carbocycles. The zero-order valence-corrected chi connectivity index (χ0v) is 11.1. The molecule has 2 atom stereocenters. The topological polar surface area (TPSA) is 95.0 Å². The molecule has 1 heterocycles. The lowest BCUT2D eigenvalue weighted by molar-refractivity contribution is -0.132. The third kappa shape index (κ3) is 2.12. The molecule has 1 aromatic heterocycles. The van der Waals surface area contributed by atoms with Crippen molar-refractivity contribution in [3.05, 3.63) is 34.4 Å². The van der Waals surface area contributed by atoms with Crippen LogP contribution in [-0.4, -0.2) is 21.1 Å². The van der Waals surface area contributed by atoms with E-state index in [0.29, 0.717) is 0 Å². The van der Waals surface area contributed by atoms with Gasteiger partial charge in [0.05, 0.1) is 24.7 Å². The predicted octanol–water partition coefficient (Wildman–Crippen LogP) is 1.15. The van der Waals surface area contributed by atoms with Crippen LogP contribution in [-0.2, 0) is 9.59 Å². The van der Waals surface area contributed by atoms with Crippen LogP contribution in [0.25, 0.3) is 10.9 Å². The van der Waals surface area contributed by atoms with Crippen LogP contribution in [0.15, 0.2) is 23.0 Å². The van der Waals surface area contributed by atoms with Gasteiger partial charge < -0.3 is 5.73 Å². The molecule has 2 N–H and O–H groups in total. The van der Waals surface area contributed by atoms with Gasteiger partial charge in [-0.2, -0.15) is 0 Å². The Hall–Kier alpha value is -2.50. The predicted molar refractivity (Wildman–Crippen MR) is 78.1 cm³/mol. The highest BCUT2D eigenvalue weighted by Crippen LogP contribution is 2.24. The molecule has 2 aromatic rings. The number of nitrogen functional groups attached to an aromatic ring is 1. The Morgan fingerprint density at radius 3 is 3.05 bits per heavy atom. The van der Waals surface area contributed by atoms with E-state index in [0.717, 1.165) is 4.57 Å². The lowest BCUT2D eigenvalue weighted by Gasteiger charge is -2.24. The molecule has 0 bridgehead atoms. The highest BCUT2D eigenvalue weighted by Gasteiger charge is 2.30. The third-order valence-corrected chi connectivity index (χ3v) is 3.51. The molecule has 21 heavy (non-hydrogen) atoms. The lowest BCUT2D eigenvalue weighted by Crippen LogP contribution is -2.36. The number of hydrogen-bond donors (Lipinski definition) is 1. The molecule has 0 spiro atoms. The van der Waals surface area contributed by atoms with Crippen molar-refractivity contribution in [1.82, 2.24) is 9.55 Å². The van der Waals surface area contributed by atoms with Crippen LogP contribution >= 0.6 is 0 Å². The Bertz CT molecular complexity index is 926. The first-order chi connectivity index (χ1) is 11.3. The third-order valence-electron chi connectivity index (χ3n) is 3.51. The molecule has 1 saturated carbocycles. The van der Waals surface area contributed by atoms with Gasteiger partial charge in [0.25, 0.3) is 5.56 Å². The summed E-state index contributed by atoms with van der Waals surface area (Å²) in [5.41, 5.74) is 5.37. The summed E-state index contributed by atoms with van der Waals surface area (Å²) in [6.07, 6.45) is -1.58. The van der Waals surface area contributed by atoms with Gasteiger partial charge in [0, 0.05) is 14.8 Å². The van der Waals surface area contributed by atoms with Crippen molar-refractivity contribution in [2.24, 2.45) is 0 Å². The summed E-state index contributed by atoms with van der Waals surface area (Å²) in [4.78, 5) is 40.8. The normalized spacial score (nSPS) is 24.7. The fraction of sp³-hybridized carbons (Fsp3) is 0.333. The molecule has 0 aliphatic heterocycles. The summed E-state index contributed by atoms with van der Waals surface area (Å²) < 4.78 is 24.5. The van der Waals surface area contributed by atoms with Crippen LogP contribution in [0.1, 0.15) is 35.2 Å². The molecule has 0 amide bonds. The van der Waals surface area contributed by atoms with E-state index in [9.17, 15) is 14.4 Å². The van der Waals surface area contributed by atoms with Gasteiger partial charge in [-0.1, -0.05) is 6.07 Å². The SMILES string of the molecule is [2H]Cc1nc2c([2H])ccc(N)c2c(=O)n1C1C(=O)CC(=O)CC1[2H]. The Labute approximate surface area is 124 Å². The molecule has 6 nitrogen and oxygen atoms in total. The number of nitrogens with zero attached hydrogens (tertiary/aromatic N) is 2. The van der Waals surface area contributed by atoms with Gasteiger partial charge in [-0.15, -0.1) is 0 Å². The molecule has 2 unspecified atom stereocenters. The van der Waals surface area contributed by atoms with Gasteiger partial charge in [0.2, 0.25) is 0 Å². The number of nitrogens with two attached hydrogens (primary N) is 1. The number of aryl methyl sites for hydroxylation is 1. The summed E-state index contributed by atoms with van der Waals surface area (Å²) >= 11 is 0. The largest absolute Gasteiger partial charge is 0.398 e. The Balaban J connectivity index is 2.34. The van der Waals surface area contributed by atoms with Gasteiger partial charge in [0.15, 0.2) is 5.78 Å². The van der Waals surface area contributed by atoms with Crippen LogP contribution in [0.3, 0.4) is 0 Å². The number of Topliss-reactive ketones (excluding diaryl/α,β-unsaturated/α-hetero) is 2. The average Bonchev–Trinajstić information content (AvgIpc) is 2.51. The van der Waals surface area contributed by atoms with Gasteiger partial charge in [-0.3, -0.25) is 19.0 Å². The minimum atomic E-state index is -1.17. The van der Waals surface area contributed by atoms with Crippen LogP contribution < -0.4 is 11.3 Å². The van der Waals surface area contributed by atoms with Crippen molar-refractivity contribution < 1.29 is 13.7 Å². The van der Waals surface area contributed by atoms with Gasteiger partial charge >= 0.3 is 0 Å².